The van der Waals surface area contributed by atoms with E-state index in [0.717, 1.165) is 40.7 Å². The summed E-state index contributed by atoms with van der Waals surface area (Å²) in [6, 6.07) is 8.76. The predicted octanol–water partition coefficient (Wildman–Crippen LogP) is 2.49. The molecule has 7 nitrogen and oxygen atoms in total. The Kier molecular flexibility index (Phi) is 5.86. The van der Waals surface area contributed by atoms with Crippen molar-refractivity contribution in [3.8, 4) is 0 Å². The van der Waals surface area contributed by atoms with Crippen LogP contribution in [0.3, 0.4) is 0 Å². The fourth-order valence-electron chi connectivity index (χ4n) is 3.09. The van der Waals surface area contributed by atoms with E-state index in [9.17, 15) is 12.8 Å². The number of hydrogen-bond acceptors (Lipinski definition) is 5. The number of carbonyl (C=O) groups is 1. The van der Waals surface area contributed by atoms with Gasteiger partial charge in [-0.3, -0.25) is 9.78 Å². The first-order valence-corrected chi connectivity index (χ1v) is 9.89. The molecule has 1 aliphatic heterocycles. The van der Waals surface area contributed by atoms with Crippen molar-refractivity contribution in [2.24, 2.45) is 0 Å². The molecule has 3 aromatic rings. The largest absolute Gasteiger partial charge is 0.483 e. The summed E-state index contributed by atoms with van der Waals surface area (Å²) in [5.74, 6) is -0.768. The number of nitrogens with one attached hydrogen (secondary N) is 1. The Balaban J connectivity index is 0.000000706. The monoisotopic (exact) mass is 403 g/mol. The molecule has 4 rings (SSSR count). The number of fused-ring (bicyclic) bond motifs is 1. The van der Waals surface area contributed by atoms with E-state index in [-0.39, 0.29) is 11.4 Å². The lowest BCUT2D eigenvalue weighted by Gasteiger charge is -2.12. The minimum Gasteiger partial charge on any atom is -0.483 e. The number of rotatable bonds is 3. The van der Waals surface area contributed by atoms with E-state index in [1.807, 2.05) is 6.08 Å². The Labute approximate surface area is 161 Å². The maximum absolute atomic E-state index is 14.1. The molecule has 0 bridgehead atoms. The Morgan fingerprint density at radius 1 is 1.21 bits per heavy atom. The summed E-state index contributed by atoms with van der Waals surface area (Å²) in [5, 5.41) is 10.1. The van der Waals surface area contributed by atoms with Gasteiger partial charge in [0, 0.05) is 24.5 Å². The number of aromatic nitrogens is 2. The van der Waals surface area contributed by atoms with Crippen LogP contribution in [0, 0.1) is 5.82 Å². The molecule has 0 amide bonds. The Morgan fingerprint density at radius 2 is 1.96 bits per heavy atom. The molecule has 28 heavy (non-hydrogen) atoms. The molecule has 3 heterocycles. The van der Waals surface area contributed by atoms with Crippen molar-refractivity contribution in [2.45, 2.75) is 11.3 Å². The smallest absolute Gasteiger partial charge is 0.290 e. The molecule has 146 valence electrons. The van der Waals surface area contributed by atoms with Crippen molar-refractivity contribution in [2.75, 3.05) is 13.1 Å². The van der Waals surface area contributed by atoms with Gasteiger partial charge in [0.2, 0.25) is 0 Å². The predicted molar refractivity (Wildman–Crippen MR) is 103 cm³/mol. The molecule has 1 aliphatic rings. The lowest BCUT2D eigenvalue weighted by atomic mass is 10.0. The zero-order valence-corrected chi connectivity index (χ0v) is 15.6. The highest BCUT2D eigenvalue weighted by Crippen LogP contribution is 2.31. The van der Waals surface area contributed by atoms with Crippen LogP contribution >= 0.6 is 0 Å². The average Bonchev–Trinajstić information content (AvgIpc) is 3.10. The average molecular weight is 403 g/mol. The molecular weight excluding hydrogens is 385 g/mol. The first-order valence-electron chi connectivity index (χ1n) is 8.45. The van der Waals surface area contributed by atoms with Gasteiger partial charge in [0.1, 0.15) is 10.7 Å². The fraction of sp³-hybridized carbons (Fsp3) is 0.158. The second-order valence-corrected chi connectivity index (χ2v) is 7.72. The zero-order chi connectivity index (χ0) is 20.1. The van der Waals surface area contributed by atoms with Crippen molar-refractivity contribution in [3.05, 3.63) is 66.2 Å². The first-order chi connectivity index (χ1) is 13.5. The lowest BCUT2D eigenvalue weighted by molar-refractivity contribution is -0.122. The molecule has 9 heteroatoms. The molecule has 0 saturated carbocycles. The standard InChI is InChI=1S/C18H16FN3O2S.CH2O2/c19-15-4-1-2-6-17(15)25(23,24)22-12-14(13-7-10-20-11-8-13)18-16(22)5-3-9-21-18;2-1-3/h1-7,9,12,20H,8,10-11H2;1H,(H,2,3). The van der Waals surface area contributed by atoms with Gasteiger partial charge >= 0.3 is 0 Å². The molecule has 0 aliphatic carbocycles. The van der Waals surface area contributed by atoms with Gasteiger partial charge in [-0.15, -0.1) is 0 Å². The molecule has 2 aromatic heterocycles. The molecule has 1 aromatic carbocycles. The zero-order valence-electron chi connectivity index (χ0n) is 14.7. The molecule has 0 radical (unpaired) electrons. The van der Waals surface area contributed by atoms with Gasteiger partial charge in [0.15, 0.2) is 0 Å². The van der Waals surface area contributed by atoms with Crippen LogP contribution < -0.4 is 5.32 Å². The number of pyridine rings is 1. The summed E-state index contributed by atoms with van der Waals surface area (Å²) >= 11 is 0. The number of carboxylic acid groups (broad SMARTS) is 1. The van der Waals surface area contributed by atoms with Gasteiger partial charge < -0.3 is 10.4 Å². The summed E-state index contributed by atoms with van der Waals surface area (Å²) < 4.78 is 41.3. The Morgan fingerprint density at radius 3 is 2.64 bits per heavy atom. The minimum absolute atomic E-state index is 0.250. The maximum atomic E-state index is 14.1. The highest BCUT2D eigenvalue weighted by molar-refractivity contribution is 7.90. The van der Waals surface area contributed by atoms with Gasteiger partial charge in [0.25, 0.3) is 16.5 Å². The van der Waals surface area contributed by atoms with Gasteiger partial charge in [-0.05, 0) is 42.8 Å². The third-order valence-electron chi connectivity index (χ3n) is 4.31. The van der Waals surface area contributed by atoms with Gasteiger partial charge in [-0.2, -0.15) is 0 Å². The van der Waals surface area contributed by atoms with Crippen LogP contribution in [0.15, 0.2) is 59.8 Å². The second kappa shape index (κ2) is 8.32. The van der Waals surface area contributed by atoms with Crippen molar-refractivity contribution in [1.82, 2.24) is 14.3 Å². The SMILES string of the molecule is O=CO.O=S(=O)(c1ccccc1F)n1cc(C2=CCNCC2)c2ncccc21. The van der Waals surface area contributed by atoms with Gasteiger partial charge in [0.05, 0.1) is 11.0 Å². The van der Waals surface area contributed by atoms with Crippen molar-refractivity contribution in [3.63, 3.8) is 0 Å². The number of hydrogen-bond donors (Lipinski definition) is 2. The van der Waals surface area contributed by atoms with Gasteiger partial charge in [-0.1, -0.05) is 18.2 Å². The van der Waals surface area contributed by atoms with Crippen LogP contribution in [0.25, 0.3) is 16.6 Å². The molecule has 0 unspecified atom stereocenters. The maximum Gasteiger partial charge on any atom is 0.290 e. The third-order valence-corrected chi connectivity index (χ3v) is 6.02. The minimum atomic E-state index is -4.06. The van der Waals surface area contributed by atoms with Crippen LogP contribution in [-0.4, -0.2) is 42.0 Å². The molecular formula is C19H18FN3O4S. The number of benzene rings is 1. The van der Waals surface area contributed by atoms with E-state index >= 15 is 0 Å². The first kappa shape index (κ1) is 19.7. The third kappa shape index (κ3) is 3.67. The Bertz CT molecular complexity index is 1140. The van der Waals surface area contributed by atoms with Crippen molar-refractivity contribution < 1.29 is 22.7 Å². The van der Waals surface area contributed by atoms with Crippen molar-refractivity contribution in [1.29, 1.82) is 0 Å². The van der Waals surface area contributed by atoms with E-state index in [1.165, 1.54) is 18.2 Å². The topological polar surface area (TPSA) is 101 Å². The number of halogens is 1. The molecule has 0 fully saturated rings. The van der Waals surface area contributed by atoms with E-state index < -0.39 is 15.8 Å². The van der Waals surface area contributed by atoms with Crippen LogP contribution in [-0.2, 0) is 14.8 Å². The van der Waals surface area contributed by atoms with Crippen LogP contribution in [0.4, 0.5) is 4.39 Å². The Hall–Kier alpha value is -3.04. The van der Waals surface area contributed by atoms with E-state index in [1.54, 1.807) is 24.5 Å². The van der Waals surface area contributed by atoms with Crippen molar-refractivity contribution >= 4 is 33.1 Å². The summed E-state index contributed by atoms with van der Waals surface area (Å²) in [4.78, 5) is 12.4. The van der Waals surface area contributed by atoms with E-state index in [0.29, 0.717) is 11.0 Å². The normalized spacial score (nSPS) is 14.1. The summed E-state index contributed by atoms with van der Waals surface area (Å²) in [6.45, 7) is 1.31. The second-order valence-electron chi connectivity index (χ2n) is 5.93. The number of nitrogens with zero attached hydrogens (tertiary/aromatic N) is 2. The van der Waals surface area contributed by atoms with E-state index in [4.69, 9.17) is 9.90 Å². The highest BCUT2D eigenvalue weighted by atomic mass is 32.2. The molecule has 0 spiro atoms. The highest BCUT2D eigenvalue weighted by Gasteiger charge is 2.25. The van der Waals surface area contributed by atoms with Crippen LogP contribution in [0.2, 0.25) is 0 Å². The molecule has 2 N–H and O–H groups in total. The quantitative estimate of drug-likeness (QED) is 0.652. The van der Waals surface area contributed by atoms with Gasteiger partial charge in [-0.25, -0.2) is 16.8 Å². The van der Waals surface area contributed by atoms with E-state index in [2.05, 4.69) is 10.3 Å². The molecule has 0 saturated heterocycles. The van der Waals surface area contributed by atoms with Crippen LogP contribution in [0.5, 0.6) is 0 Å². The summed E-state index contributed by atoms with van der Waals surface area (Å²) in [5.41, 5.74) is 2.87. The molecule has 0 atom stereocenters. The fourth-order valence-corrected chi connectivity index (χ4v) is 4.52. The lowest BCUT2D eigenvalue weighted by Crippen LogP contribution is -2.20. The van der Waals surface area contributed by atoms with Crippen LogP contribution in [0.1, 0.15) is 12.0 Å². The summed E-state index contributed by atoms with van der Waals surface area (Å²) in [7, 11) is -4.06. The summed E-state index contributed by atoms with van der Waals surface area (Å²) in [6.07, 6.45) is 6.01.